The number of carbonyl (C=O) groups is 1. The van der Waals surface area contributed by atoms with Crippen LogP contribution in [0.1, 0.15) is 28.4 Å². The third kappa shape index (κ3) is 5.03. The van der Waals surface area contributed by atoms with E-state index in [0.29, 0.717) is 15.6 Å². The molecule has 0 heterocycles. The topological polar surface area (TPSA) is 38.3 Å². The third-order valence-electron chi connectivity index (χ3n) is 4.26. The Balaban J connectivity index is 1.86. The highest BCUT2D eigenvalue weighted by atomic mass is 35.5. The Morgan fingerprint density at radius 3 is 2.30 bits per heavy atom. The molecule has 138 valence electrons. The predicted octanol–water partition coefficient (Wildman–Crippen LogP) is 6.43. The van der Waals surface area contributed by atoms with Gasteiger partial charge in [0, 0.05) is 17.7 Å². The smallest absolute Gasteiger partial charge is 0.165 e. The van der Waals surface area contributed by atoms with E-state index in [-0.39, 0.29) is 18.2 Å². The van der Waals surface area contributed by atoms with Gasteiger partial charge >= 0.3 is 0 Å². The number of nitrogens with one attached hydrogen (secondary N) is 1. The van der Waals surface area contributed by atoms with Crippen LogP contribution >= 0.6 is 23.2 Å². The van der Waals surface area contributed by atoms with E-state index in [1.807, 2.05) is 36.4 Å². The second-order valence-corrected chi connectivity index (χ2v) is 6.91. The van der Waals surface area contributed by atoms with Crippen molar-refractivity contribution in [2.45, 2.75) is 12.5 Å². The fraction of sp³-hybridized carbons (Fsp3) is 0.136. The van der Waals surface area contributed by atoms with Crippen LogP contribution in [-0.2, 0) is 0 Å². The van der Waals surface area contributed by atoms with Crippen LogP contribution < -0.4 is 10.1 Å². The van der Waals surface area contributed by atoms with Crippen LogP contribution in [0.3, 0.4) is 0 Å². The van der Waals surface area contributed by atoms with Crippen LogP contribution in [0.5, 0.6) is 5.75 Å². The molecule has 0 radical (unpaired) electrons. The molecule has 1 unspecified atom stereocenters. The average molecular weight is 400 g/mol. The Labute approximate surface area is 168 Å². The number of para-hydroxylation sites is 1. The quantitative estimate of drug-likeness (QED) is 0.465. The Morgan fingerprint density at radius 2 is 1.67 bits per heavy atom. The zero-order valence-corrected chi connectivity index (χ0v) is 16.3. The molecule has 3 aromatic carbocycles. The van der Waals surface area contributed by atoms with Crippen molar-refractivity contribution in [2.75, 3.05) is 12.4 Å². The van der Waals surface area contributed by atoms with E-state index in [4.69, 9.17) is 27.9 Å². The lowest BCUT2D eigenvalue weighted by Crippen LogP contribution is -2.16. The van der Waals surface area contributed by atoms with Gasteiger partial charge in [-0.05, 0) is 54.1 Å². The predicted molar refractivity (Wildman–Crippen MR) is 111 cm³/mol. The first-order valence-electron chi connectivity index (χ1n) is 8.50. The van der Waals surface area contributed by atoms with Crippen molar-refractivity contribution in [3.05, 3.63) is 94.0 Å². The molecule has 1 N–H and O–H groups in total. The van der Waals surface area contributed by atoms with Gasteiger partial charge in [-0.2, -0.15) is 0 Å². The molecule has 5 heteroatoms. The molecular weight excluding hydrogens is 381 g/mol. The summed E-state index contributed by atoms with van der Waals surface area (Å²) in [6, 6.07) is 22.1. The second-order valence-electron chi connectivity index (χ2n) is 6.09. The van der Waals surface area contributed by atoms with Crippen molar-refractivity contribution in [1.82, 2.24) is 0 Å². The average Bonchev–Trinajstić information content (AvgIpc) is 2.70. The number of Topliss-reactive ketones (excluding diaryl/α,β-unsaturated/α-hetero) is 1. The largest absolute Gasteiger partial charge is 0.497 e. The molecule has 0 saturated heterocycles. The first-order valence-corrected chi connectivity index (χ1v) is 9.26. The lowest BCUT2D eigenvalue weighted by atomic mass is 9.97. The molecule has 0 aliphatic heterocycles. The standard InChI is InChI=1S/C22H19Cl2NO2/c1-27-18-10-7-15(8-11-18)22(26)14-21(25-17-5-3-2-4-6-17)16-9-12-19(23)20(24)13-16/h2-13,21,25H,14H2,1H3. The van der Waals surface area contributed by atoms with Crippen LogP contribution in [0.2, 0.25) is 10.0 Å². The number of benzene rings is 3. The van der Waals surface area contributed by atoms with E-state index in [9.17, 15) is 4.79 Å². The second kappa shape index (κ2) is 8.94. The number of halogens is 2. The van der Waals surface area contributed by atoms with E-state index in [2.05, 4.69) is 5.32 Å². The highest BCUT2D eigenvalue weighted by Crippen LogP contribution is 2.30. The lowest BCUT2D eigenvalue weighted by Gasteiger charge is -2.20. The molecule has 0 aliphatic carbocycles. The van der Waals surface area contributed by atoms with E-state index >= 15 is 0 Å². The van der Waals surface area contributed by atoms with Crippen molar-refractivity contribution in [3.8, 4) is 5.75 Å². The maximum atomic E-state index is 12.8. The number of hydrogen-bond acceptors (Lipinski definition) is 3. The van der Waals surface area contributed by atoms with Gasteiger partial charge in [0.2, 0.25) is 0 Å². The third-order valence-corrected chi connectivity index (χ3v) is 5.00. The molecule has 1 atom stereocenters. The van der Waals surface area contributed by atoms with Crippen molar-refractivity contribution in [3.63, 3.8) is 0 Å². The summed E-state index contributed by atoms with van der Waals surface area (Å²) in [6.07, 6.45) is 0.277. The van der Waals surface area contributed by atoms with E-state index in [0.717, 1.165) is 17.0 Å². The maximum absolute atomic E-state index is 12.8. The van der Waals surface area contributed by atoms with Crippen molar-refractivity contribution < 1.29 is 9.53 Å². The number of ether oxygens (including phenoxy) is 1. The van der Waals surface area contributed by atoms with Crippen LogP contribution in [0.25, 0.3) is 0 Å². The summed E-state index contributed by atoms with van der Waals surface area (Å²) in [5.41, 5.74) is 2.46. The Kier molecular flexibility index (Phi) is 6.38. The van der Waals surface area contributed by atoms with E-state index < -0.39 is 0 Å². The molecule has 0 aromatic heterocycles. The SMILES string of the molecule is COc1ccc(C(=O)CC(Nc2ccccc2)c2ccc(Cl)c(Cl)c2)cc1. The monoisotopic (exact) mass is 399 g/mol. The van der Waals surface area contributed by atoms with Crippen molar-refractivity contribution in [1.29, 1.82) is 0 Å². The number of carbonyl (C=O) groups excluding carboxylic acids is 1. The zero-order chi connectivity index (χ0) is 19.2. The summed E-state index contributed by atoms with van der Waals surface area (Å²) in [4.78, 5) is 12.8. The fourth-order valence-corrected chi connectivity index (χ4v) is 3.10. The molecule has 0 saturated carbocycles. The summed E-state index contributed by atoms with van der Waals surface area (Å²) < 4.78 is 5.15. The number of hydrogen-bond donors (Lipinski definition) is 1. The fourth-order valence-electron chi connectivity index (χ4n) is 2.80. The highest BCUT2D eigenvalue weighted by Gasteiger charge is 2.18. The summed E-state index contributed by atoms with van der Waals surface area (Å²) in [5, 5.41) is 4.37. The Hall–Kier alpha value is -2.49. The number of ketones is 1. The Bertz CT molecular complexity index is 911. The normalized spacial score (nSPS) is 11.7. The first kappa shape index (κ1) is 19.3. The van der Waals surface area contributed by atoms with Gasteiger partial charge in [0.15, 0.2) is 5.78 Å². The summed E-state index contributed by atoms with van der Waals surface area (Å²) in [6.45, 7) is 0. The summed E-state index contributed by atoms with van der Waals surface area (Å²) in [5.74, 6) is 0.743. The number of rotatable bonds is 7. The summed E-state index contributed by atoms with van der Waals surface area (Å²) >= 11 is 12.2. The van der Waals surface area contributed by atoms with Crippen LogP contribution in [-0.4, -0.2) is 12.9 Å². The molecule has 0 bridgehead atoms. The minimum Gasteiger partial charge on any atom is -0.497 e. The molecule has 27 heavy (non-hydrogen) atoms. The first-order chi connectivity index (χ1) is 13.1. The minimum atomic E-state index is -0.239. The summed E-state index contributed by atoms with van der Waals surface area (Å²) in [7, 11) is 1.60. The molecule has 0 amide bonds. The molecule has 3 aromatic rings. The van der Waals surface area contributed by atoms with Gasteiger partial charge in [0.05, 0.1) is 23.2 Å². The lowest BCUT2D eigenvalue weighted by molar-refractivity contribution is 0.0976. The van der Waals surface area contributed by atoms with Gasteiger partial charge in [0.25, 0.3) is 0 Å². The Morgan fingerprint density at radius 1 is 0.963 bits per heavy atom. The van der Waals surface area contributed by atoms with Gasteiger partial charge in [-0.3, -0.25) is 4.79 Å². The molecular formula is C22H19Cl2NO2. The van der Waals surface area contributed by atoms with Crippen LogP contribution in [0.4, 0.5) is 5.69 Å². The number of methoxy groups -OCH3 is 1. The van der Waals surface area contributed by atoms with Crippen LogP contribution in [0, 0.1) is 0 Å². The molecule has 0 aliphatic rings. The highest BCUT2D eigenvalue weighted by molar-refractivity contribution is 6.42. The molecule has 3 nitrogen and oxygen atoms in total. The van der Waals surface area contributed by atoms with E-state index in [1.54, 1.807) is 43.5 Å². The maximum Gasteiger partial charge on any atom is 0.165 e. The van der Waals surface area contributed by atoms with Gasteiger partial charge in [-0.25, -0.2) is 0 Å². The van der Waals surface area contributed by atoms with Crippen molar-refractivity contribution in [2.24, 2.45) is 0 Å². The van der Waals surface area contributed by atoms with Crippen LogP contribution in [0.15, 0.2) is 72.8 Å². The zero-order valence-electron chi connectivity index (χ0n) is 14.8. The minimum absolute atomic E-state index is 0.0251. The molecule has 0 spiro atoms. The molecule has 0 fully saturated rings. The number of anilines is 1. The van der Waals surface area contributed by atoms with Gasteiger partial charge in [-0.15, -0.1) is 0 Å². The van der Waals surface area contributed by atoms with Gasteiger partial charge in [0.1, 0.15) is 5.75 Å². The molecule has 3 rings (SSSR count). The van der Waals surface area contributed by atoms with Gasteiger partial charge in [-0.1, -0.05) is 47.5 Å². The van der Waals surface area contributed by atoms with E-state index in [1.165, 1.54) is 0 Å². The van der Waals surface area contributed by atoms with Crippen molar-refractivity contribution >= 4 is 34.7 Å². The van der Waals surface area contributed by atoms with Gasteiger partial charge < -0.3 is 10.1 Å².